The Labute approximate surface area is 106 Å². The van der Waals surface area contributed by atoms with Crippen molar-refractivity contribution in [2.45, 2.75) is 26.4 Å². The molecule has 0 amide bonds. The minimum Gasteiger partial charge on any atom is -0.356 e. The van der Waals surface area contributed by atoms with Gasteiger partial charge in [0.05, 0.1) is 11.2 Å². The fraction of sp³-hybridized carbons (Fsp3) is 0.308. The van der Waals surface area contributed by atoms with Crippen LogP contribution in [-0.4, -0.2) is 11.2 Å². The third-order valence-electron chi connectivity index (χ3n) is 2.46. The van der Waals surface area contributed by atoms with Gasteiger partial charge < -0.3 is 9.84 Å². The first-order valence-electron chi connectivity index (χ1n) is 5.60. The molecule has 2 aromatic rings. The molecule has 90 valence electrons. The second kappa shape index (κ2) is 5.34. The molecule has 0 saturated heterocycles. The predicted octanol–water partition coefficient (Wildman–Crippen LogP) is 3.49. The summed E-state index contributed by atoms with van der Waals surface area (Å²) < 4.78 is 5.29. The number of hydrogen-bond acceptors (Lipinski definition) is 3. The predicted molar refractivity (Wildman–Crippen MR) is 68.9 cm³/mol. The molecular formula is C13H15ClN2O. The van der Waals surface area contributed by atoms with Gasteiger partial charge in [0.1, 0.15) is 0 Å². The number of rotatable bonds is 4. The summed E-state index contributed by atoms with van der Waals surface area (Å²) in [5.41, 5.74) is 1.90. The largest absolute Gasteiger partial charge is 0.356 e. The van der Waals surface area contributed by atoms with Gasteiger partial charge >= 0.3 is 0 Å². The van der Waals surface area contributed by atoms with E-state index in [1.807, 2.05) is 24.3 Å². The lowest BCUT2D eigenvalue weighted by molar-refractivity contribution is 0.431. The SMILES string of the molecule is CC(C)NCc1cnoc1-c1ccccc1Cl. The summed E-state index contributed by atoms with van der Waals surface area (Å²) in [6.07, 6.45) is 1.73. The highest BCUT2D eigenvalue weighted by Gasteiger charge is 2.13. The highest BCUT2D eigenvalue weighted by molar-refractivity contribution is 6.33. The van der Waals surface area contributed by atoms with Crippen LogP contribution >= 0.6 is 11.6 Å². The molecule has 0 bridgehead atoms. The summed E-state index contributed by atoms with van der Waals surface area (Å²) in [6, 6.07) is 8.03. The van der Waals surface area contributed by atoms with E-state index in [0.29, 0.717) is 11.1 Å². The van der Waals surface area contributed by atoms with Crippen molar-refractivity contribution in [3.05, 3.63) is 41.0 Å². The maximum Gasteiger partial charge on any atom is 0.172 e. The minimum atomic E-state index is 0.420. The number of nitrogens with one attached hydrogen (secondary N) is 1. The van der Waals surface area contributed by atoms with Crippen molar-refractivity contribution in [1.29, 1.82) is 0 Å². The second-order valence-electron chi connectivity index (χ2n) is 4.20. The van der Waals surface area contributed by atoms with Crippen LogP contribution in [0.25, 0.3) is 11.3 Å². The Bertz CT molecular complexity index is 494. The van der Waals surface area contributed by atoms with Gasteiger partial charge in [0.15, 0.2) is 5.76 Å². The van der Waals surface area contributed by atoms with Crippen molar-refractivity contribution in [2.24, 2.45) is 0 Å². The van der Waals surface area contributed by atoms with Crippen LogP contribution < -0.4 is 5.32 Å². The molecule has 0 unspecified atom stereocenters. The summed E-state index contributed by atoms with van der Waals surface area (Å²) >= 11 is 6.14. The van der Waals surface area contributed by atoms with E-state index in [9.17, 15) is 0 Å². The van der Waals surface area contributed by atoms with Crippen molar-refractivity contribution in [3.8, 4) is 11.3 Å². The quantitative estimate of drug-likeness (QED) is 0.903. The van der Waals surface area contributed by atoms with Crippen molar-refractivity contribution in [2.75, 3.05) is 0 Å². The molecule has 4 heteroatoms. The number of aromatic nitrogens is 1. The van der Waals surface area contributed by atoms with Crippen LogP contribution in [0.15, 0.2) is 35.0 Å². The van der Waals surface area contributed by atoms with Gasteiger partial charge in [-0.15, -0.1) is 0 Å². The van der Waals surface area contributed by atoms with E-state index >= 15 is 0 Å². The molecule has 0 aliphatic carbocycles. The molecule has 1 aromatic heterocycles. The Morgan fingerprint density at radius 1 is 1.35 bits per heavy atom. The Hall–Kier alpha value is -1.32. The molecule has 0 spiro atoms. The summed E-state index contributed by atoms with van der Waals surface area (Å²) in [5, 5.41) is 7.85. The Morgan fingerprint density at radius 3 is 2.82 bits per heavy atom. The molecule has 0 aliphatic heterocycles. The first kappa shape index (κ1) is 12.1. The summed E-state index contributed by atoms with van der Waals surface area (Å²) in [6.45, 7) is 4.92. The smallest absolute Gasteiger partial charge is 0.172 e. The topological polar surface area (TPSA) is 38.1 Å². The average molecular weight is 251 g/mol. The summed E-state index contributed by atoms with van der Waals surface area (Å²) in [4.78, 5) is 0. The molecule has 2 rings (SSSR count). The van der Waals surface area contributed by atoms with E-state index in [1.54, 1.807) is 6.20 Å². The highest BCUT2D eigenvalue weighted by Crippen LogP contribution is 2.30. The normalized spacial score (nSPS) is 11.1. The fourth-order valence-electron chi connectivity index (χ4n) is 1.57. The lowest BCUT2D eigenvalue weighted by atomic mass is 10.1. The van der Waals surface area contributed by atoms with Gasteiger partial charge in [0.2, 0.25) is 0 Å². The van der Waals surface area contributed by atoms with Crippen molar-refractivity contribution in [3.63, 3.8) is 0 Å². The van der Waals surface area contributed by atoms with E-state index in [0.717, 1.165) is 23.4 Å². The second-order valence-corrected chi connectivity index (χ2v) is 4.60. The van der Waals surface area contributed by atoms with Gasteiger partial charge in [-0.25, -0.2) is 0 Å². The van der Waals surface area contributed by atoms with E-state index < -0.39 is 0 Å². The van der Waals surface area contributed by atoms with Crippen molar-refractivity contribution in [1.82, 2.24) is 10.5 Å². The lowest BCUT2D eigenvalue weighted by Gasteiger charge is -2.07. The number of benzene rings is 1. The Morgan fingerprint density at radius 2 is 2.12 bits per heavy atom. The van der Waals surface area contributed by atoms with Crippen molar-refractivity contribution < 1.29 is 4.52 Å². The van der Waals surface area contributed by atoms with Gasteiger partial charge in [-0.3, -0.25) is 0 Å². The molecule has 0 fully saturated rings. The maximum atomic E-state index is 6.14. The molecule has 0 aliphatic rings. The van der Waals surface area contributed by atoms with Crippen LogP contribution in [0.2, 0.25) is 5.02 Å². The summed E-state index contributed by atoms with van der Waals surface area (Å²) in [5.74, 6) is 0.740. The molecule has 1 aromatic carbocycles. The fourth-order valence-corrected chi connectivity index (χ4v) is 1.79. The maximum absolute atomic E-state index is 6.14. The Balaban J connectivity index is 2.28. The van der Waals surface area contributed by atoms with Crippen LogP contribution in [0, 0.1) is 0 Å². The molecule has 17 heavy (non-hydrogen) atoms. The third kappa shape index (κ3) is 2.87. The molecule has 1 N–H and O–H groups in total. The average Bonchev–Trinajstić information content (AvgIpc) is 2.75. The molecule has 3 nitrogen and oxygen atoms in total. The van der Waals surface area contributed by atoms with Gasteiger partial charge in [-0.2, -0.15) is 0 Å². The molecule has 1 heterocycles. The summed E-state index contributed by atoms with van der Waals surface area (Å²) in [7, 11) is 0. The monoisotopic (exact) mass is 250 g/mol. The van der Waals surface area contributed by atoms with E-state index in [1.165, 1.54) is 0 Å². The highest BCUT2D eigenvalue weighted by atomic mass is 35.5. The van der Waals surface area contributed by atoms with E-state index in [-0.39, 0.29) is 0 Å². The third-order valence-corrected chi connectivity index (χ3v) is 2.79. The number of hydrogen-bond donors (Lipinski definition) is 1. The Kier molecular flexibility index (Phi) is 3.82. The molecular weight excluding hydrogens is 236 g/mol. The van der Waals surface area contributed by atoms with Crippen LogP contribution in [0.5, 0.6) is 0 Å². The van der Waals surface area contributed by atoms with Crippen LogP contribution in [0.4, 0.5) is 0 Å². The molecule has 0 saturated carbocycles. The van der Waals surface area contributed by atoms with Crippen LogP contribution in [0.3, 0.4) is 0 Å². The standard InChI is InChI=1S/C13H15ClN2O/c1-9(2)15-7-10-8-16-17-13(10)11-5-3-4-6-12(11)14/h3-6,8-9,15H,7H2,1-2H3. The zero-order valence-corrected chi connectivity index (χ0v) is 10.7. The van der Waals surface area contributed by atoms with Crippen LogP contribution in [-0.2, 0) is 6.54 Å². The van der Waals surface area contributed by atoms with Gasteiger partial charge in [0.25, 0.3) is 0 Å². The van der Waals surface area contributed by atoms with Crippen LogP contribution in [0.1, 0.15) is 19.4 Å². The first-order valence-corrected chi connectivity index (χ1v) is 5.98. The first-order chi connectivity index (χ1) is 8.18. The van der Waals surface area contributed by atoms with Gasteiger partial charge in [-0.05, 0) is 12.1 Å². The minimum absolute atomic E-state index is 0.420. The molecule has 0 radical (unpaired) electrons. The van der Waals surface area contributed by atoms with E-state index in [4.69, 9.17) is 16.1 Å². The number of nitrogens with zero attached hydrogens (tertiary/aromatic N) is 1. The van der Waals surface area contributed by atoms with Gasteiger partial charge in [0, 0.05) is 23.7 Å². The van der Waals surface area contributed by atoms with Crippen molar-refractivity contribution >= 4 is 11.6 Å². The van der Waals surface area contributed by atoms with E-state index in [2.05, 4.69) is 24.3 Å². The number of halogens is 1. The van der Waals surface area contributed by atoms with Gasteiger partial charge in [-0.1, -0.05) is 42.7 Å². The zero-order chi connectivity index (χ0) is 12.3. The lowest BCUT2D eigenvalue weighted by Crippen LogP contribution is -2.21. The molecule has 0 atom stereocenters. The zero-order valence-electron chi connectivity index (χ0n) is 9.90.